The molecule has 0 radical (unpaired) electrons. The number of alkyl carbamates (subject to hydrolysis) is 1. The van der Waals surface area contributed by atoms with Gasteiger partial charge < -0.3 is 20.3 Å². The second-order valence-electron chi connectivity index (χ2n) is 12.9. The number of hydrogen-bond donors (Lipinski definition) is 2. The van der Waals surface area contributed by atoms with Crippen molar-refractivity contribution in [2.24, 2.45) is 11.8 Å². The van der Waals surface area contributed by atoms with Crippen molar-refractivity contribution in [2.45, 2.75) is 132 Å². The van der Waals surface area contributed by atoms with Crippen LogP contribution in [-0.2, 0) is 14.3 Å². The van der Waals surface area contributed by atoms with Crippen molar-refractivity contribution in [3.63, 3.8) is 0 Å². The Balaban J connectivity index is 3.65. The van der Waals surface area contributed by atoms with Gasteiger partial charge in [0, 0.05) is 12.6 Å². The topological polar surface area (TPSA) is 87.7 Å². The Morgan fingerprint density at radius 3 is 2.00 bits per heavy atom. The van der Waals surface area contributed by atoms with Crippen molar-refractivity contribution in [2.75, 3.05) is 6.54 Å². The van der Waals surface area contributed by atoms with Crippen LogP contribution in [0.4, 0.5) is 4.79 Å². The van der Waals surface area contributed by atoms with Crippen molar-refractivity contribution < 1.29 is 19.1 Å². The van der Waals surface area contributed by atoms with Crippen LogP contribution in [0, 0.1) is 25.7 Å². The van der Waals surface area contributed by atoms with E-state index in [1.165, 1.54) is 0 Å². The second-order valence-corrected chi connectivity index (χ2v) is 12.9. The standard InChI is InChI=1S/C32H55N3O4/c1-12-13-16-33-29(36)28(26-19-23(6)18-24(7)20-26)35(25(8)15-14-21(2)3)30(37)27(17-22(4)5)34-31(38)39-32(9,10)11/h18-22,25,27-28H,12-17H2,1-11H3,(H,33,36)(H,34,38). The van der Waals surface area contributed by atoms with Gasteiger partial charge in [0.1, 0.15) is 17.7 Å². The van der Waals surface area contributed by atoms with Crippen LogP contribution in [0.1, 0.15) is 117 Å². The Labute approximate surface area is 237 Å². The van der Waals surface area contributed by atoms with Gasteiger partial charge in [0.2, 0.25) is 11.8 Å². The number of nitrogens with one attached hydrogen (secondary N) is 2. The highest BCUT2D eigenvalue weighted by Crippen LogP contribution is 2.29. The summed E-state index contributed by atoms with van der Waals surface area (Å²) in [6, 6.07) is 4.19. The summed E-state index contributed by atoms with van der Waals surface area (Å²) in [5.74, 6) is 0.132. The zero-order chi connectivity index (χ0) is 29.9. The number of carbonyl (C=O) groups excluding carboxylic acids is 3. The first-order valence-corrected chi connectivity index (χ1v) is 14.7. The SMILES string of the molecule is CCCCNC(=O)C(c1cc(C)cc(C)c1)N(C(=O)C(CC(C)C)NC(=O)OC(C)(C)C)C(C)CCC(C)C. The number of unbranched alkanes of at least 4 members (excludes halogenated alkanes) is 1. The lowest BCUT2D eigenvalue weighted by molar-refractivity contribution is -0.145. The molecule has 3 amide bonds. The van der Waals surface area contributed by atoms with E-state index in [9.17, 15) is 14.4 Å². The first-order valence-electron chi connectivity index (χ1n) is 14.7. The van der Waals surface area contributed by atoms with E-state index in [1.54, 1.807) is 25.7 Å². The van der Waals surface area contributed by atoms with E-state index in [-0.39, 0.29) is 23.8 Å². The van der Waals surface area contributed by atoms with Crippen LogP contribution in [-0.4, -0.2) is 47.0 Å². The van der Waals surface area contributed by atoms with Gasteiger partial charge in [0.15, 0.2) is 0 Å². The Hall–Kier alpha value is -2.57. The number of nitrogens with zero attached hydrogens (tertiary/aromatic N) is 1. The molecule has 0 fully saturated rings. The summed E-state index contributed by atoms with van der Waals surface area (Å²) in [4.78, 5) is 42.9. The average molecular weight is 546 g/mol. The highest BCUT2D eigenvalue weighted by molar-refractivity contribution is 5.92. The molecule has 0 bridgehead atoms. The van der Waals surface area contributed by atoms with Crippen LogP contribution >= 0.6 is 0 Å². The molecule has 7 nitrogen and oxygen atoms in total. The van der Waals surface area contributed by atoms with Crippen molar-refractivity contribution in [1.29, 1.82) is 0 Å². The lowest BCUT2D eigenvalue weighted by Crippen LogP contribution is -2.56. The molecule has 2 N–H and O–H groups in total. The molecule has 222 valence electrons. The predicted molar refractivity (Wildman–Crippen MR) is 160 cm³/mol. The Kier molecular flexibility index (Phi) is 14.0. The van der Waals surface area contributed by atoms with E-state index < -0.39 is 23.8 Å². The number of hydrogen-bond acceptors (Lipinski definition) is 4. The molecule has 0 aliphatic heterocycles. The van der Waals surface area contributed by atoms with Crippen molar-refractivity contribution >= 4 is 17.9 Å². The maximum absolute atomic E-state index is 14.5. The second kappa shape index (κ2) is 15.9. The summed E-state index contributed by atoms with van der Waals surface area (Å²) in [5, 5.41) is 5.92. The number of carbonyl (C=O) groups is 3. The fraction of sp³-hybridized carbons (Fsp3) is 0.719. The number of amides is 3. The van der Waals surface area contributed by atoms with Crippen molar-refractivity contribution in [3.05, 3.63) is 34.9 Å². The predicted octanol–water partition coefficient (Wildman–Crippen LogP) is 6.85. The molecule has 3 unspecified atom stereocenters. The van der Waals surface area contributed by atoms with Gasteiger partial charge in [-0.2, -0.15) is 0 Å². The number of ether oxygens (including phenoxy) is 1. The zero-order valence-corrected chi connectivity index (χ0v) is 26.4. The third-order valence-electron chi connectivity index (χ3n) is 6.50. The first kappa shape index (κ1) is 34.5. The molecule has 0 aliphatic carbocycles. The minimum atomic E-state index is -0.821. The molecule has 3 atom stereocenters. The summed E-state index contributed by atoms with van der Waals surface area (Å²) in [6.07, 6.45) is 3.27. The number of aryl methyl sites for hydroxylation is 2. The molecule has 1 aromatic rings. The van der Waals surface area contributed by atoms with Gasteiger partial charge in [-0.3, -0.25) is 9.59 Å². The molecular formula is C32H55N3O4. The highest BCUT2D eigenvalue weighted by atomic mass is 16.6. The zero-order valence-electron chi connectivity index (χ0n) is 26.4. The van der Waals surface area contributed by atoms with Gasteiger partial charge in [0.25, 0.3) is 0 Å². The van der Waals surface area contributed by atoms with Crippen LogP contribution in [0.15, 0.2) is 18.2 Å². The molecule has 0 saturated heterocycles. The largest absolute Gasteiger partial charge is 0.444 e. The van der Waals surface area contributed by atoms with Crippen molar-refractivity contribution in [1.82, 2.24) is 15.5 Å². The third kappa shape index (κ3) is 12.4. The fourth-order valence-electron chi connectivity index (χ4n) is 4.73. The fourth-order valence-corrected chi connectivity index (χ4v) is 4.73. The molecule has 0 spiro atoms. The highest BCUT2D eigenvalue weighted by Gasteiger charge is 2.39. The van der Waals surface area contributed by atoms with Crippen LogP contribution < -0.4 is 10.6 Å². The molecule has 0 heterocycles. The van der Waals surface area contributed by atoms with E-state index >= 15 is 0 Å². The molecule has 7 heteroatoms. The van der Waals surface area contributed by atoms with E-state index in [0.29, 0.717) is 18.9 Å². The third-order valence-corrected chi connectivity index (χ3v) is 6.50. The van der Waals surface area contributed by atoms with E-state index in [0.717, 1.165) is 42.4 Å². The quantitative estimate of drug-likeness (QED) is 0.250. The molecule has 0 saturated carbocycles. The molecule has 1 aromatic carbocycles. The average Bonchev–Trinajstić information content (AvgIpc) is 2.77. The minimum absolute atomic E-state index is 0.139. The number of benzene rings is 1. The van der Waals surface area contributed by atoms with Gasteiger partial charge in [-0.15, -0.1) is 0 Å². The van der Waals surface area contributed by atoms with E-state index in [2.05, 4.69) is 37.5 Å². The normalized spacial score (nSPS) is 14.1. The van der Waals surface area contributed by atoms with Gasteiger partial charge in [-0.05, 0) is 84.6 Å². The van der Waals surface area contributed by atoms with Gasteiger partial charge in [-0.1, -0.05) is 70.4 Å². The monoisotopic (exact) mass is 545 g/mol. The summed E-state index contributed by atoms with van der Waals surface area (Å²) in [6.45, 7) is 22.4. The van der Waals surface area contributed by atoms with Crippen LogP contribution in [0.5, 0.6) is 0 Å². The molecule has 1 rings (SSSR count). The van der Waals surface area contributed by atoms with Gasteiger partial charge >= 0.3 is 6.09 Å². The lowest BCUT2D eigenvalue weighted by Gasteiger charge is -2.39. The maximum atomic E-state index is 14.5. The number of rotatable bonds is 14. The summed E-state index contributed by atoms with van der Waals surface area (Å²) in [7, 11) is 0. The van der Waals surface area contributed by atoms with E-state index in [4.69, 9.17) is 4.74 Å². The Morgan fingerprint density at radius 1 is 0.923 bits per heavy atom. The van der Waals surface area contributed by atoms with Crippen LogP contribution in [0.3, 0.4) is 0 Å². The van der Waals surface area contributed by atoms with Gasteiger partial charge in [0.05, 0.1) is 0 Å². The van der Waals surface area contributed by atoms with Crippen LogP contribution in [0.2, 0.25) is 0 Å². The minimum Gasteiger partial charge on any atom is -0.444 e. The van der Waals surface area contributed by atoms with E-state index in [1.807, 2.05) is 46.8 Å². The Morgan fingerprint density at radius 2 is 1.51 bits per heavy atom. The first-order chi connectivity index (χ1) is 18.0. The smallest absolute Gasteiger partial charge is 0.408 e. The lowest BCUT2D eigenvalue weighted by atomic mass is 9.94. The van der Waals surface area contributed by atoms with Crippen LogP contribution in [0.25, 0.3) is 0 Å². The summed E-state index contributed by atoms with van der Waals surface area (Å²) >= 11 is 0. The molecule has 0 aromatic heterocycles. The molecular weight excluding hydrogens is 490 g/mol. The summed E-state index contributed by atoms with van der Waals surface area (Å²) in [5.41, 5.74) is 2.15. The van der Waals surface area contributed by atoms with Gasteiger partial charge in [-0.25, -0.2) is 4.79 Å². The summed E-state index contributed by atoms with van der Waals surface area (Å²) < 4.78 is 5.51. The maximum Gasteiger partial charge on any atom is 0.408 e. The molecule has 0 aliphatic rings. The molecule has 39 heavy (non-hydrogen) atoms. The Bertz CT molecular complexity index is 916. The van der Waals surface area contributed by atoms with Crippen molar-refractivity contribution in [3.8, 4) is 0 Å².